The van der Waals surface area contributed by atoms with Crippen molar-refractivity contribution >= 4 is 23.7 Å². The quantitative estimate of drug-likeness (QED) is 0.597. The molecule has 6 heteroatoms. The van der Waals surface area contributed by atoms with Gasteiger partial charge in [-0.05, 0) is 56.4 Å². The van der Waals surface area contributed by atoms with Gasteiger partial charge in [0.1, 0.15) is 0 Å². The molecular weight excluding hydrogens is 251 g/mol. The zero-order chi connectivity index (χ0) is 13.6. The van der Waals surface area contributed by atoms with Gasteiger partial charge in [0.05, 0.1) is 11.2 Å². The first kappa shape index (κ1) is 13.7. The minimum absolute atomic E-state index is 0.260. The fourth-order valence-corrected chi connectivity index (χ4v) is 2.07. The van der Waals surface area contributed by atoms with Gasteiger partial charge in [0, 0.05) is 4.90 Å². The summed E-state index contributed by atoms with van der Waals surface area (Å²) in [5.41, 5.74) is 0.0397. The highest BCUT2D eigenvalue weighted by Gasteiger charge is 2.51. The molecule has 2 rings (SSSR count). The summed E-state index contributed by atoms with van der Waals surface area (Å²) in [6.07, 6.45) is 0. The Kier molecular flexibility index (Phi) is 3.40. The summed E-state index contributed by atoms with van der Waals surface area (Å²) < 4.78 is 33.3. The third-order valence-corrected chi connectivity index (χ3v) is 4.26. The molecular formula is C12H16BO4S-. The normalized spacial score (nSPS) is 23.1. The first-order chi connectivity index (χ1) is 8.23. The standard InChI is InChI=1S/C12H17BO4S/c1-11(2)12(3,4)17-13(16-11)9-5-7-10(8-6-9)18(14)15/h5-8H,1-4H3,(H,14,15)/p-1. The molecule has 18 heavy (non-hydrogen) atoms. The molecule has 0 aliphatic carbocycles. The molecule has 1 fully saturated rings. The van der Waals surface area contributed by atoms with Crippen LogP contribution < -0.4 is 5.46 Å². The van der Waals surface area contributed by atoms with E-state index < -0.39 is 29.4 Å². The number of hydrogen-bond donors (Lipinski definition) is 0. The molecule has 1 heterocycles. The second-order valence-electron chi connectivity index (χ2n) is 5.39. The Morgan fingerprint density at radius 3 is 1.89 bits per heavy atom. The minimum atomic E-state index is -2.20. The van der Waals surface area contributed by atoms with Crippen molar-refractivity contribution in [3.63, 3.8) is 0 Å². The average molecular weight is 267 g/mol. The first-order valence-electron chi connectivity index (χ1n) is 5.78. The van der Waals surface area contributed by atoms with Gasteiger partial charge in [0.15, 0.2) is 0 Å². The highest BCUT2D eigenvalue weighted by molar-refractivity contribution is 7.79. The number of rotatable bonds is 2. The second-order valence-corrected chi connectivity index (χ2v) is 6.33. The third kappa shape index (κ3) is 2.38. The Bertz CT molecular complexity index is 453. The van der Waals surface area contributed by atoms with E-state index in [1.165, 1.54) is 0 Å². The maximum atomic E-state index is 10.8. The van der Waals surface area contributed by atoms with Gasteiger partial charge in [0.2, 0.25) is 0 Å². The van der Waals surface area contributed by atoms with E-state index in [1.807, 2.05) is 27.7 Å². The molecule has 0 spiro atoms. The highest BCUT2D eigenvalue weighted by atomic mass is 32.2. The summed E-state index contributed by atoms with van der Waals surface area (Å²) in [5.74, 6) is 0. The predicted octanol–water partition coefficient (Wildman–Crippen LogP) is 1.22. The van der Waals surface area contributed by atoms with Crippen molar-refractivity contribution in [3.8, 4) is 0 Å². The van der Waals surface area contributed by atoms with E-state index in [-0.39, 0.29) is 4.90 Å². The van der Waals surface area contributed by atoms with Gasteiger partial charge in [-0.1, -0.05) is 12.1 Å². The van der Waals surface area contributed by atoms with Crippen LogP contribution in [-0.4, -0.2) is 27.1 Å². The smallest absolute Gasteiger partial charge is 0.494 e. The van der Waals surface area contributed by atoms with E-state index in [1.54, 1.807) is 24.3 Å². The molecule has 1 aromatic carbocycles. The van der Waals surface area contributed by atoms with Gasteiger partial charge < -0.3 is 13.9 Å². The van der Waals surface area contributed by atoms with E-state index in [9.17, 15) is 8.76 Å². The number of benzene rings is 1. The molecule has 1 aliphatic heterocycles. The molecule has 0 N–H and O–H groups in total. The molecule has 4 nitrogen and oxygen atoms in total. The van der Waals surface area contributed by atoms with Gasteiger partial charge in [-0.2, -0.15) is 0 Å². The maximum absolute atomic E-state index is 10.8. The molecule has 0 aromatic heterocycles. The average Bonchev–Trinajstić information content (AvgIpc) is 2.48. The van der Waals surface area contributed by atoms with Crippen molar-refractivity contribution in [2.24, 2.45) is 0 Å². The largest absolute Gasteiger partial charge is 0.768 e. The molecule has 1 aliphatic rings. The Morgan fingerprint density at radius 2 is 1.50 bits per heavy atom. The fraction of sp³-hybridized carbons (Fsp3) is 0.500. The summed E-state index contributed by atoms with van der Waals surface area (Å²) in [4.78, 5) is 0.260. The molecule has 0 saturated carbocycles. The van der Waals surface area contributed by atoms with Crippen molar-refractivity contribution < 1.29 is 18.1 Å². The lowest BCUT2D eigenvalue weighted by molar-refractivity contribution is 0.00578. The Hall–Kier alpha value is -0.685. The van der Waals surface area contributed by atoms with Crippen LogP contribution in [0.5, 0.6) is 0 Å². The van der Waals surface area contributed by atoms with Crippen LogP contribution in [0.15, 0.2) is 29.2 Å². The molecule has 1 aromatic rings. The van der Waals surface area contributed by atoms with Gasteiger partial charge in [-0.15, -0.1) is 0 Å². The summed E-state index contributed by atoms with van der Waals surface area (Å²) in [7, 11) is -0.455. The molecule has 0 radical (unpaired) electrons. The van der Waals surface area contributed by atoms with Gasteiger partial charge in [0.25, 0.3) is 0 Å². The SMILES string of the molecule is CC1(C)OB(c2ccc(S(=O)[O-])cc2)OC1(C)C. The zero-order valence-corrected chi connectivity index (χ0v) is 11.7. The van der Waals surface area contributed by atoms with E-state index in [2.05, 4.69) is 0 Å². The van der Waals surface area contributed by atoms with Crippen LogP contribution in [0.3, 0.4) is 0 Å². The molecule has 1 unspecified atom stereocenters. The van der Waals surface area contributed by atoms with Gasteiger partial charge in [-0.3, -0.25) is 4.21 Å². The van der Waals surface area contributed by atoms with Crippen molar-refractivity contribution in [2.45, 2.75) is 43.8 Å². The monoisotopic (exact) mass is 267 g/mol. The Balaban J connectivity index is 2.22. The van der Waals surface area contributed by atoms with Crippen LogP contribution in [0.25, 0.3) is 0 Å². The van der Waals surface area contributed by atoms with Gasteiger partial charge in [-0.25, -0.2) is 0 Å². The van der Waals surface area contributed by atoms with Crippen LogP contribution >= 0.6 is 0 Å². The third-order valence-electron chi connectivity index (χ3n) is 3.60. The lowest BCUT2D eigenvalue weighted by atomic mass is 9.79. The van der Waals surface area contributed by atoms with Crippen molar-refractivity contribution in [1.29, 1.82) is 0 Å². The Labute approximate surface area is 110 Å². The zero-order valence-electron chi connectivity index (χ0n) is 10.9. The van der Waals surface area contributed by atoms with E-state index in [0.29, 0.717) is 0 Å². The minimum Gasteiger partial charge on any atom is -0.768 e. The fourth-order valence-electron chi connectivity index (χ4n) is 1.72. The summed E-state index contributed by atoms with van der Waals surface area (Å²) >= 11 is -2.20. The highest BCUT2D eigenvalue weighted by Crippen LogP contribution is 2.36. The first-order valence-corrected chi connectivity index (χ1v) is 6.85. The van der Waals surface area contributed by atoms with Crippen LogP contribution in [0.1, 0.15) is 27.7 Å². The van der Waals surface area contributed by atoms with Crippen LogP contribution in [0.4, 0.5) is 0 Å². The molecule has 1 atom stereocenters. The summed E-state index contributed by atoms with van der Waals surface area (Å²) in [6, 6.07) is 6.52. The van der Waals surface area contributed by atoms with Gasteiger partial charge >= 0.3 is 7.12 Å². The molecule has 1 saturated heterocycles. The molecule has 0 amide bonds. The molecule has 0 bridgehead atoms. The van der Waals surface area contributed by atoms with E-state index in [0.717, 1.165) is 5.46 Å². The van der Waals surface area contributed by atoms with Crippen LogP contribution in [0, 0.1) is 0 Å². The van der Waals surface area contributed by atoms with Crippen LogP contribution in [-0.2, 0) is 20.4 Å². The lowest BCUT2D eigenvalue weighted by Gasteiger charge is -2.32. The van der Waals surface area contributed by atoms with E-state index in [4.69, 9.17) is 9.31 Å². The van der Waals surface area contributed by atoms with E-state index >= 15 is 0 Å². The summed E-state index contributed by atoms with van der Waals surface area (Å²) in [5, 5.41) is 0. The summed E-state index contributed by atoms with van der Waals surface area (Å²) in [6.45, 7) is 7.92. The van der Waals surface area contributed by atoms with Crippen molar-refractivity contribution in [1.82, 2.24) is 0 Å². The predicted molar refractivity (Wildman–Crippen MR) is 69.3 cm³/mol. The number of hydrogen-bond acceptors (Lipinski definition) is 4. The topological polar surface area (TPSA) is 58.6 Å². The van der Waals surface area contributed by atoms with Crippen molar-refractivity contribution in [2.75, 3.05) is 0 Å². The van der Waals surface area contributed by atoms with Crippen LogP contribution in [0.2, 0.25) is 0 Å². The second kappa shape index (κ2) is 4.45. The maximum Gasteiger partial charge on any atom is 0.494 e. The van der Waals surface area contributed by atoms with Crippen molar-refractivity contribution in [3.05, 3.63) is 24.3 Å². The Morgan fingerprint density at radius 1 is 1.06 bits per heavy atom. The lowest BCUT2D eigenvalue weighted by Crippen LogP contribution is -2.41. The molecule has 98 valence electrons.